The van der Waals surface area contributed by atoms with E-state index in [9.17, 15) is 9.59 Å². The normalized spacial score (nSPS) is 18.4. The predicted octanol–water partition coefficient (Wildman–Crippen LogP) is 0.320. The molecule has 0 bridgehead atoms. The van der Waals surface area contributed by atoms with E-state index >= 15 is 0 Å². The van der Waals surface area contributed by atoms with Crippen LogP contribution in [0.4, 0.5) is 5.69 Å². The van der Waals surface area contributed by atoms with Crippen LogP contribution >= 0.6 is 0 Å². The number of hydrogen-bond acceptors (Lipinski definition) is 5. The molecule has 1 atom stereocenters. The minimum absolute atomic E-state index is 0.0101. The van der Waals surface area contributed by atoms with Gasteiger partial charge in [0.2, 0.25) is 5.91 Å². The number of ether oxygens (including phenoxy) is 2. The molecule has 7 nitrogen and oxygen atoms in total. The molecule has 1 aliphatic rings. The van der Waals surface area contributed by atoms with Gasteiger partial charge in [0.05, 0.1) is 31.6 Å². The van der Waals surface area contributed by atoms with Crippen molar-refractivity contribution in [1.82, 2.24) is 5.32 Å². The molecular weight excluding hydrogens is 264 g/mol. The molecular formula is C13H16N2O5. The highest BCUT2D eigenvalue weighted by Crippen LogP contribution is 2.22. The molecule has 1 aliphatic heterocycles. The maximum absolute atomic E-state index is 12.1. The zero-order valence-corrected chi connectivity index (χ0v) is 11.0. The molecule has 108 valence electrons. The first-order valence-corrected chi connectivity index (χ1v) is 6.15. The van der Waals surface area contributed by atoms with E-state index in [1.54, 1.807) is 0 Å². The van der Waals surface area contributed by atoms with Crippen molar-refractivity contribution in [3.05, 3.63) is 23.8 Å². The third kappa shape index (κ3) is 3.25. The number of rotatable bonds is 4. The maximum Gasteiger partial charge on any atom is 0.337 e. The molecule has 1 fully saturated rings. The first-order valence-electron chi connectivity index (χ1n) is 6.15. The molecule has 0 radical (unpaired) electrons. The van der Waals surface area contributed by atoms with E-state index in [2.05, 4.69) is 10.6 Å². The lowest BCUT2D eigenvalue weighted by Gasteiger charge is -2.23. The van der Waals surface area contributed by atoms with E-state index in [4.69, 9.17) is 14.6 Å². The zero-order chi connectivity index (χ0) is 14.5. The number of carbonyl (C=O) groups excluding carboxylic acids is 1. The highest BCUT2D eigenvalue weighted by Gasteiger charge is 2.23. The van der Waals surface area contributed by atoms with Gasteiger partial charge in [-0.2, -0.15) is 0 Å². The number of aromatic carboxylic acids is 1. The van der Waals surface area contributed by atoms with Crippen molar-refractivity contribution in [2.24, 2.45) is 0 Å². The van der Waals surface area contributed by atoms with E-state index in [0.29, 0.717) is 18.9 Å². The van der Waals surface area contributed by atoms with Crippen LogP contribution in [0.2, 0.25) is 0 Å². The van der Waals surface area contributed by atoms with Crippen LogP contribution in [0, 0.1) is 0 Å². The largest absolute Gasteiger partial charge is 0.497 e. The maximum atomic E-state index is 12.1. The van der Waals surface area contributed by atoms with Crippen molar-refractivity contribution < 1.29 is 24.2 Å². The van der Waals surface area contributed by atoms with Gasteiger partial charge in [-0.3, -0.25) is 4.79 Å². The highest BCUT2D eigenvalue weighted by atomic mass is 16.5. The standard InChI is InChI=1S/C13H16N2O5/c1-19-8-2-3-9(13(17)18)10(6-8)15-12(16)11-7-20-5-4-14-11/h2-3,6,11,14H,4-5,7H2,1H3,(H,15,16)(H,17,18). The molecule has 1 heterocycles. The smallest absolute Gasteiger partial charge is 0.337 e. The molecule has 1 saturated heterocycles. The number of morpholine rings is 1. The molecule has 7 heteroatoms. The molecule has 1 aromatic carbocycles. The van der Waals surface area contributed by atoms with Gasteiger partial charge in [-0.15, -0.1) is 0 Å². The van der Waals surface area contributed by atoms with E-state index < -0.39 is 12.0 Å². The van der Waals surface area contributed by atoms with Crippen molar-refractivity contribution in [1.29, 1.82) is 0 Å². The van der Waals surface area contributed by atoms with Gasteiger partial charge < -0.3 is 25.2 Å². The molecule has 3 N–H and O–H groups in total. The van der Waals surface area contributed by atoms with Gasteiger partial charge in [-0.25, -0.2) is 4.79 Å². The van der Waals surface area contributed by atoms with Crippen molar-refractivity contribution in [2.75, 3.05) is 32.2 Å². The Morgan fingerprint density at radius 3 is 2.90 bits per heavy atom. The molecule has 0 spiro atoms. The topological polar surface area (TPSA) is 96.9 Å². The monoisotopic (exact) mass is 280 g/mol. The van der Waals surface area contributed by atoms with Crippen LogP contribution in [0.25, 0.3) is 0 Å². The second-order valence-electron chi connectivity index (χ2n) is 4.29. The average molecular weight is 280 g/mol. The summed E-state index contributed by atoms with van der Waals surface area (Å²) in [7, 11) is 1.47. The molecule has 1 aromatic rings. The van der Waals surface area contributed by atoms with Crippen LogP contribution in [0.1, 0.15) is 10.4 Å². The Morgan fingerprint density at radius 1 is 1.50 bits per heavy atom. The summed E-state index contributed by atoms with van der Waals surface area (Å²) in [6.45, 7) is 1.41. The van der Waals surface area contributed by atoms with Gasteiger partial charge in [0.25, 0.3) is 0 Å². The van der Waals surface area contributed by atoms with Crippen LogP contribution in [0.3, 0.4) is 0 Å². The van der Waals surface area contributed by atoms with Gasteiger partial charge in [0.15, 0.2) is 0 Å². The zero-order valence-electron chi connectivity index (χ0n) is 11.0. The third-order valence-corrected chi connectivity index (χ3v) is 2.95. The number of amides is 1. The Morgan fingerprint density at radius 2 is 2.30 bits per heavy atom. The van der Waals surface area contributed by atoms with Crippen molar-refractivity contribution in [3.63, 3.8) is 0 Å². The molecule has 20 heavy (non-hydrogen) atoms. The van der Waals surface area contributed by atoms with Crippen LogP contribution in [0.15, 0.2) is 18.2 Å². The lowest BCUT2D eigenvalue weighted by molar-refractivity contribution is -0.120. The Kier molecular flexibility index (Phi) is 4.54. The van der Waals surface area contributed by atoms with Crippen molar-refractivity contribution in [2.45, 2.75) is 6.04 Å². The fraction of sp³-hybridized carbons (Fsp3) is 0.385. The van der Waals surface area contributed by atoms with Gasteiger partial charge >= 0.3 is 5.97 Å². The molecule has 0 aromatic heterocycles. The van der Waals surface area contributed by atoms with Crippen LogP contribution in [0.5, 0.6) is 5.75 Å². The van der Waals surface area contributed by atoms with Gasteiger partial charge in [0, 0.05) is 12.6 Å². The predicted molar refractivity (Wildman–Crippen MR) is 71.2 cm³/mol. The second kappa shape index (κ2) is 6.36. The number of carbonyl (C=O) groups is 2. The Hall–Kier alpha value is -2.12. The van der Waals surface area contributed by atoms with E-state index in [1.807, 2.05) is 0 Å². The average Bonchev–Trinajstić information content (AvgIpc) is 2.47. The van der Waals surface area contributed by atoms with Crippen LogP contribution in [-0.4, -0.2) is 49.9 Å². The number of nitrogens with one attached hydrogen (secondary N) is 2. The summed E-state index contributed by atoms with van der Waals surface area (Å²) in [6, 6.07) is 3.91. The van der Waals surface area contributed by atoms with Gasteiger partial charge in [0.1, 0.15) is 11.8 Å². The van der Waals surface area contributed by atoms with Crippen LogP contribution in [-0.2, 0) is 9.53 Å². The first-order chi connectivity index (χ1) is 9.61. The number of carboxylic acid groups (broad SMARTS) is 1. The SMILES string of the molecule is COc1ccc(C(=O)O)c(NC(=O)C2COCCN2)c1. The van der Waals surface area contributed by atoms with Gasteiger partial charge in [-0.1, -0.05) is 0 Å². The first kappa shape index (κ1) is 14.3. The van der Waals surface area contributed by atoms with Gasteiger partial charge in [-0.05, 0) is 12.1 Å². The third-order valence-electron chi connectivity index (χ3n) is 2.95. The molecule has 1 unspecified atom stereocenters. The number of anilines is 1. The van der Waals surface area contributed by atoms with Crippen LogP contribution < -0.4 is 15.4 Å². The summed E-state index contributed by atoms with van der Waals surface area (Å²) >= 11 is 0. The minimum atomic E-state index is -1.11. The summed E-state index contributed by atoms with van der Waals surface area (Å²) in [5.74, 6) is -0.977. The van der Waals surface area contributed by atoms with E-state index in [-0.39, 0.29) is 23.8 Å². The molecule has 0 aliphatic carbocycles. The highest BCUT2D eigenvalue weighted by molar-refractivity contribution is 6.02. The summed E-state index contributed by atoms with van der Waals surface area (Å²) < 4.78 is 10.2. The van der Waals surface area contributed by atoms with Crippen molar-refractivity contribution >= 4 is 17.6 Å². The fourth-order valence-electron chi connectivity index (χ4n) is 1.89. The number of carboxylic acids is 1. The van der Waals surface area contributed by atoms with E-state index in [1.165, 1.54) is 25.3 Å². The number of methoxy groups -OCH3 is 1. The number of hydrogen-bond donors (Lipinski definition) is 3. The Balaban J connectivity index is 2.17. The lowest BCUT2D eigenvalue weighted by atomic mass is 10.1. The summed E-state index contributed by atoms with van der Waals surface area (Å²) in [5.41, 5.74) is 0.213. The fourth-order valence-corrected chi connectivity index (χ4v) is 1.89. The Bertz CT molecular complexity index is 511. The molecule has 0 saturated carbocycles. The summed E-state index contributed by atoms with van der Waals surface area (Å²) in [5, 5.41) is 14.7. The molecule has 2 rings (SSSR count). The molecule has 1 amide bonds. The lowest BCUT2D eigenvalue weighted by Crippen LogP contribution is -2.49. The summed E-state index contributed by atoms with van der Waals surface area (Å²) in [4.78, 5) is 23.2. The number of benzene rings is 1. The quantitative estimate of drug-likeness (QED) is 0.735. The second-order valence-corrected chi connectivity index (χ2v) is 4.29. The Labute approximate surface area is 115 Å². The minimum Gasteiger partial charge on any atom is -0.497 e. The van der Waals surface area contributed by atoms with E-state index in [0.717, 1.165) is 0 Å². The summed E-state index contributed by atoms with van der Waals surface area (Å²) in [6.07, 6.45) is 0. The van der Waals surface area contributed by atoms with Crippen molar-refractivity contribution in [3.8, 4) is 5.75 Å².